The molecule has 2 rings (SSSR count). The molecule has 0 radical (unpaired) electrons. The highest BCUT2D eigenvalue weighted by Crippen LogP contribution is 2.24. The minimum Gasteiger partial charge on any atom is -0.313 e. The van der Waals surface area contributed by atoms with E-state index in [9.17, 15) is 0 Å². The highest BCUT2D eigenvalue weighted by molar-refractivity contribution is 5.28. The van der Waals surface area contributed by atoms with Crippen molar-refractivity contribution < 1.29 is 0 Å². The lowest BCUT2D eigenvalue weighted by Gasteiger charge is -2.18. The molecule has 0 amide bonds. The molecule has 0 aromatic carbocycles. The lowest BCUT2D eigenvalue weighted by Crippen LogP contribution is -2.24. The van der Waals surface area contributed by atoms with Crippen LogP contribution in [0.25, 0.3) is 0 Å². The van der Waals surface area contributed by atoms with Crippen molar-refractivity contribution in [3.63, 3.8) is 0 Å². The van der Waals surface area contributed by atoms with Gasteiger partial charge in [0.05, 0.1) is 0 Å². The number of rotatable bonds is 7. The maximum absolute atomic E-state index is 4.70. The Labute approximate surface area is 123 Å². The van der Waals surface area contributed by atoms with Crippen molar-refractivity contribution in [3.8, 4) is 0 Å². The van der Waals surface area contributed by atoms with E-state index in [1.807, 2.05) is 0 Å². The Bertz CT molecular complexity index is 429. The summed E-state index contributed by atoms with van der Waals surface area (Å²) in [5, 5.41) is 3.60. The fourth-order valence-electron chi connectivity index (χ4n) is 2.68. The predicted octanol–water partition coefficient (Wildman–Crippen LogP) is 2.05. The van der Waals surface area contributed by atoms with Crippen LogP contribution in [0.2, 0.25) is 0 Å². The topological polar surface area (TPSA) is 41.1 Å². The Morgan fingerprint density at radius 1 is 1.20 bits per heavy atom. The van der Waals surface area contributed by atoms with Crippen LogP contribution < -0.4 is 5.32 Å². The molecule has 0 saturated heterocycles. The third-order valence-corrected chi connectivity index (χ3v) is 3.94. The third-order valence-electron chi connectivity index (χ3n) is 3.94. The predicted molar refractivity (Wildman–Crippen MR) is 83.2 cm³/mol. The largest absolute Gasteiger partial charge is 0.313 e. The Kier molecular flexibility index (Phi) is 5.11. The van der Waals surface area contributed by atoms with Crippen LogP contribution >= 0.6 is 0 Å². The maximum Gasteiger partial charge on any atom is 0.130 e. The normalized spacial score (nSPS) is 16.7. The van der Waals surface area contributed by atoms with Crippen molar-refractivity contribution >= 4 is 0 Å². The van der Waals surface area contributed by atoms with Crippen LogP contribution in [0.5, 0.6) is 0 Å². The highest BCUT2D eigenvalue weighted by atomic mass is 15.1. The van der Waals surface area contributed by atoms with Gasteiger partial charge in [0.1, 0.15) is 5.82 Å². The fraction of sp³-hybridized carbons (Fsp3) is 0.750. The van der Waals surface area contributed by atoms with Crippen molar-refractivity contribution in [2.24, 2.45) is 0 Å². The van der Waals surface area contributed by atoms with E-state index < -0.39 is 0 Å². The number of hydrogen-bond acceptors (Lipinski definition) is 4. The van der Waals surface area contributed by atoms with E-state index in [1.54, 1.807) is 0 Å². The van der Waals surface area contributed by atoms with E-state index in [2.05, 4.69) is 45.1 Å². The fourth-order valence-corrected chi connectivity index (χ4v) is 2.68. The van der Waals surface area contributed by atoms with E-state index in [0.717, 1.165) is 42.8 Å². The van der Waals surface area contributed by atoms with Gasteiger partial charge in [-0.05, 0) is 52.3 Å². The summed E-state index contributed by atoms with van der Waals surface area (Å²) >= 11 is 0. The Morgan fingerprint density at radius 2 is 1.80 bits per heavy atom. The smallest absolute Gasteiger partial charge is 0.130 e. The van der Waals surface area contributed by atoms with Crippen molar-refractivity contribution in [2.45, 2.75) is 52.0 Å². The summed E-state index contributed by atoms with van der Waals surface area (Å²) in [6, 6.07) is 0.762. The summed E-state index contributed by atoms with van der Waals surface area (Å²) in [6.45, 7) is 8.55. The summed E-state index contributed by atoms with van der Waals surface area (Å²) in [5.74, 6) is 1.46. The number of likely N-dealkylation sites (N-methyl/N-ethyl adjacent to an activating group) is 1. The van der Waals surface area contributed by atoms with Crippen LogP contribution in [0.15, 0.2) is 0 Å². The quantitative estimate of drug-likeness (QED) is 0.827. The first kappa shape index (κ1) is 15.4. The molecule has 0 bridgehead atoms. The highest BCUT2D eigenvalue weighted by Gasteiger charge is 2.22. The second kappa shape index (κ2) is 6.64. The van der Waals surface area contributed by atoms with E-state index in [-0.39, 0.29) is 0 Å². The molecular weight excluding hydrogens is 248 g/mol. The maximum atomic E-state index is 4.70. The number of nitrogens with zero attached hydrogens (tertiary/aromatic N) is 3. The zero-order chi connectivity index (χ0) is 14.7. The Morgan fingerprint density at radius 3 is 2.30 bits per heavy atom. The second-order valence-electron chi connectivity index (χ2n) is 6.36. The number of hydrogen-bond donors (Lipinski definition) is 1. The molecule has 1 unspecified atom stereocenters. The summed E-state index contributed by atoms with van der Waals surface area (Å²) in [6.07, 6.45) is 3.60. The number of aryl methyl sites for hydroxylation is 2. The van der Waals surface area contributed by atoms with Gasteiger partial charge in [0.15, 0.2) is 0 Å². The van der Waals surface area contributed by atoms with Gasteiger partial charge >= 0.3 is 0 Å². The molecule has 112 valence electrons. The van der Waals surface area contributed by atoms with Crippen molar-refractivity contribution in [2.75, 3.05) is 27.2 Å². The van der Waals surface area contributed by atoms with Crippen molar-refractivity contribution in [1.29, 1.82) is 0 Å². The van der Waals surface area contributed by atoms with Gasteiger partial charge in [0, 0.05) is 36.9 Å². The lowest BCUT2D eigenvalue weighted by atomic mass is 9.98. The minimum atomic E-state index is 0.485. The van der Waals surface area contributed by atoms with Gasteiger partial charge in [0.2, 0.25) is 0 Å². The monoisotopic (exact) mass is 276 g/mol. The van der Waals surface area contributed by atoms with Crippen LogP contribution in [-0.2, 0) is 6.42 Å². The zero-order valence-electron chi connectivity index (χ0n) is 13.5. The molecule has 1 N–H and O–H groups in total. The minimum absolute atomic E-state index is 0.485. The first-order valence-corrected chi connectivity index (χ1v) is 7.69. The standard InChI is InChI=1S/C16H28N4/c1-11(10-17-14-6-7-14)16-12(2)18-15(19-13(16)3)8-9-20(4)5/h11,14,17H,6-10H2,1-5H3. The van der Waals surface area contributed by atoms with Gasteiger partial charge in [-0.25, -0.2) is 9.97 Å². The van der Waals surface area contributed by atoms with Crippen LogP contribution in [-0.4, -0.2) is 48.1 Å². The van der Waals surface area contributed by atoms with Gasteiger partial charge in [-0.3, -0.25) is 0 Å². The molecule has 0 spiro atoms. The molecular formula is C16H28N4. The van der Waals surface area contributed by atoms with E-state index in [0.29, 0.717) is 5.92 Å². The van der Waals surface area contributed by atoms with Gasteiger partial charge in [-0.1, -0.05) is 6.92 Å². The number of nitrogens with one attached hydrogen (secondary N) is 1. The molecule has 1 atom stereocenters. The summed E-state index contributed by atoms with van der Waals surface area (Å²) in [5.41, 5.74) is 3.62. The number of aromatic nitrogens is 2. The summed E-state index contributed by atoms with van der Waals surface area (Å²) < 4.78 is 0. The molecule has 20 heavy (non-hydrogen) atoms. The van der Waals surface area contributed by atoms with Crippen LogP contribution in [0.4, 0.5) is 0 Å². The zero-order valence-corrected chi connectivity index (χ0v) is 13.5. The summed E-state index contributed by atoms with van der Waals surface area (Å²) in [7, 11) is 4.17. The van der Waals surface area contributed by atoms with Gasteiger partial charge in [-0.2, -0.15) is 0 Å². The SMILES string of the molecule is Cc1nc(CCN(C)C)nc(C)c1C(C)CNC1CC1. The van der Waals surface area contributed by atoms with Gasteiger partial charge in [0.25, 0.3) is 0 Å². The Hall–Kier alpha value is -1.00. The van der Waals surface area contributed by atoms with Gasteiger partial charge in [-0.15, -0.1) is 0 Å². The molecule has 1 aromatic rings. The van der Waals surface area contributed by atoms with Crippen LogP contribution in [0.3, 0.4) is 0 Å². The van der Waals surface area contributed by atoms with Gasteiger partial charge < -0.3 is 10.2 Å². The lowest BCUT2D eigenvalue weighted by molar-refractivity contribution is 0.409. The van der Waals surface area contributed by atoms with E-state index in [1.165, 1.54) is 18.4 Å². The first-order valence-electron chi connectivity index (χ1n) is 7.69. The average molecular weight is 276 g/mol. The molecule has 1 aliphatic carbocycles. The van der Waals surface area contributed by atoms with Crippen molar-refractivity contribution in [3.05, 3.63) is 22.8 Å². The molecule has 4 nitrogen and oxygen atoms in total. The van der Waals surface area contributed by atoms with Crippen LogP contribution in [0, 0.1) is 13.8 Å². The van der Waals surface area contributed by atoms with Crippen LogP contribution in [0.1, 0.15) is 48.5 Å². The van der Waals surface area contributed by atoms with E-state index in [4.69, 9.17) is 9.97 Å². The molecule has 4 heteroatoms. The molecule has 1 aliphatic rings. The Balaban J connectivity index is 2.04. The molecule has 0 aliphatic heterocycles. The summed E-state index contributed by atoms with van der Waals surface area (Å²) in [4.78, 5) is 11.6. The van der Waals surface area contributed by atoms with Crippen molar-refractivity contribution in [1.82, 2.24) is 20.2 Å². The molecule has 1 saturated carbocycles. The average Bonchev–Trinajstić information content (AvgIpc) is 3.17. The second-order valence-corrected chi connectivity index (χ2v) is 6.36. The first-order chi connectivity index (χ1) is 9.47. The molecule has 1 fully saturated rings. The third kappa shape index (κ3) is 4.25. The molecule has 1 aromatic heterocycles. The molecule has 1 heterocycles. The van der Waals surface area contributed by atoms with E-state index >= 15 is 0 Å².